The van der Waals surface area contributed by atoms with Gasteiger partial charge in [-0.15, -0.1) is 0 Å². The van der Waals surface area contributed by atoms with Crippen LogP contribution in [-0.4, -0.2) is 42.5 Å². The van der Waals surface area contributed by atoms with Crippen molar-refractivity contribution in [3.05, 3.63) is 0 Å². The zero-order chi connectivity index (χ0) is 16.0. The fourth-order valence-corrected chi connectivity index (χ4v) is 2.09. The molecule has 1 aliphatic heterocycles. The second kappa shape index (κ2) is 7.40. The molecule has 2 unspecified atom stereocenters. The summed E-state index contributed by atoms with van der Waals surface area (Å²) < 4.78 is 5.68. The number of carbonyl (C=O) groups is 3. The highest BCUT2D eigenvalue weighted by atomic mass is 16.5. The topological polar surface area (TPSA) is 111 Å². The van der Waals surface area contributed by atoms with Crippen molar-refractivity contribution in [3.8, 4) is 0 Å². The van der Waals surface area contributed by atoms with E-state index in [0.29, 0.717) is 19.4 Å². The van der Waals surface area contributed by atoms with Crippen molar-refractivity contribution in [2.75, 3.05) is 13.2 Å². The number of ketones is 1. The largest absolute Gasteiger partial charge is 0.375 e. The molecule has 0 spiro atoms. The Balaban J connectivity index is 2.52. The van der Waals surface area contributed by atoms with Gasteiger partial charge in [-0.2, -0.15) is 0 Å². The van der Waals surface area contributed by atoms with E-state index in [1.165, 1.54) is 0 Å². The summed E-state index contributed by atoms with van der Waals surface area (Å²) in [6, 6.07) is -1.04. The van der Waals surface area contributed by atoms with E-state index in [1.807, 2.05) is 20.8 Å². The normalized spacial score (nSPS) is 20.0. The van der Waals surface area contributed by atoms with E-state index in [1.54, 1.807) is 0 Å². The van der Waals surface area contributed by atoms with E-state index in [2.05, 4.69) is 10.6 Å². The first-order valence-corrected chi connectivity index (χ1v) is 7.16. The van der Waals surface area contributed by atoms with Gasteiger partial charge in [0.15, 0.2) is 5.78 Å². The lowest BCUT2D eigenvalue weighted by Gasteiger charge is -2.25. The molecule has 1 rings (SSSR count). The van der Waals surface area contributed by atoms with Gasteiger partial charge in [0.1, 0.15) is 0 Å². The van der Waals surface area contributed by atoms with E-state index in [0.717, 1.165) is 0 Å². The molecule has 0 radical (unpaired) electrons. The minimum absolute atomic E-state index is 0.0328. The van der Waals surface area contributed by atoms with Gasteiger partial charge in [0.05, 0.1) is 18.2 Å². The monoisotopic (exact) mass is 299 g/mol. The first kappa shape index (κ1) is 17.4. The molecule has 0 bridgehead atoms. The van der Waals surface area contributed by atoms with Crippen LogP contribution in [0.15, 0.2) is 0 Å². The number of nitrogens with one attached hydrogen (secondary N) is 2. The standard InChI is InChI=1S/C14H25N3O4/c1-14(2,3)21-8-9(7-16-13(15)20)6-11(18)10-4-5-12(19)17-10/h9-10H,4-8H2,1-3H3,(H,17,19)(H3,15,16,20). The molecule has 0 aliphatic carbocycles. The average molecular weight is 299 g/mol. The van der Waals surface area contributed by atoms with Crippen LogP contribution in [0, 0.1) is 5.92 Å². The Morgan fingerprint density at radius 2 is 2.14 bits per heavy atom. The molecule has 0 aromatic carbocycles. The molecule has 0 aromatic rings. The van der Waals surface area contributed by atoms with Gasteiger partial charge < -0.3 is 21.1 Å². The smallest absolute Gasteiger partial charge is 0.312 e. The number of primary amides is 1. The third kappa shape index (κ3) is 7.08. The van der Waals surface area contributed by atoms with Gasteiger partial charge in [-0.1, -0.05) is 0 Å². The van der Waals surface area contributed by atoms with Crippen molar-refractivity contribution in [1.82, 2.24) is 10.6 Å². The highest BCUT2D eigenvalue weighted by Gasteiger charge is 2.29. The van der Waals surface area contributed by atoms with Gasteiger partial charge in [0.2, 0.25) is 5.91 Å². The summed E-state index contributed by atoms with van der Waals surface area (Å²) >= 11 is 0. The van der Waals surface area contributed by atoms with Crippen molar-refractivity contribution in [2.24, 2.45) is 11.7 Å². The average Bonchev–Trinajstić information content (AvgIpc) is 2.78. The van der Waals surface area contributed by atoms with Crippen molar-refractivity contribution >= 4 is 17.7 Å². The predicted molar refractivity (Wildman–Crippen MR) is 77.6 cm³/mol. The molecule has 21 heavy (non-hydrogen) atoms. The van der Waals surface area contributed by atoms with E-state index >= 15 is 0 Å². The summed E-state index contributed by atoms with van der Waals surface area (Å²) in [6.45, 7) is 6.38. The van der Waals surface area contributed by atoms with Gasteiger partial charge in [0, 0.05) is 25.3 Å². The number of urea groups is 1. The number of Topliss-reactive ketones (excluding diaryl/α,β-unsaturated/α-hetero) is 1. The molecule has 7 nitrogen and oxygen atoms in total. The van der Waals surface area contributed by atoms with Gasteiger partial charge in [-0.25, -0.2) is 4.79 Å². The number of nitrogens with two attached hydrogens (primary N) is 1. The van der Waals surface area contributed by atoms with E-state index in [9.17, 15) is 14.4 Å². The highest BCUT2D eigenvalue weighted by molar-refractivity contribution is 5.92. The van der Waals surface area contributed by atoms with Gasteiger partial charge in [0.25, 0.3) is 0 Å². The Kier molecular flexibility index (Phi) is 6.14. The van der Waals surface area contributed by atoms with Crippen molar-refractivity contribution in [2.45, 2.75) is 51.7 Å². The molecule has 2 atom stereocenters. The van der Waals surface area contributed by atoms with Crippen LogP contribution >= 0.6 is 0 Å². The zero-order valence-electron chi connectivity index (χ0n) is 12.9. The summed E-state index contributed by atoms with van der Waals surface area (Å²) in [5.74, 6) is -0.289. The zero-order valence-corrected chi connectivity index (χ0v) is 12.9. The van der Waals surface area contributed by atoms with Crippen LogP contribution in [0.25, 0.3) is 0 Å². The molecule has 1 fully saturated rings. The molecular weight excluding hydrogens is 274 g/mol. The Morgan fingerprint density at radius 3 is 2.62 bits per heavy atom. The number of amides is 3. The van der Waals surface area contributed by atoms with Crippen LogP contribution < -0.4 is 16.4 Å². The van der Waals surface area contributed by atoms with Gasteiger partial charge in [-0.05, 0) is 27.2 Å². The van der Waals surface area contributed by atoms with Crippen LogP contribution in [-0.2, 0) is 14.3 Å². The van der Waals surface area contributed by atoms with Crippen LogP contribution in [0.1, 0.15) is 40.0 Å². The molecule has 1 aliphatic rings. The molecule has 1 heterocycles. The Morgan fingerprint density at radius 1 is 1.48 bits per heavy atom. The molecular formula is C14H25N3O4. The Bertz CT molecular complexity index is 404. The second-order valence-electron chi connectivity index (χ2n) is 6.36. The molecule has 0 aromatic heterocycles. The van der Waals surface area contributed by atoms with Gasteiger partial charge >= 0.3 is 6.03 Å². The number of ether oxygens (including phenoxy) is 1. The lowest BCUT2D eigenvalue weighted by Crippen LogP contribution is -2.40. The predicted octanol–water partition coefficient (Wildman–Crippen LogP) is 0.324. The molecule has 4 N–H and O–H groups in total. The number of carbonyl (C=O) groups excluding carboxylic acids is 3. The number of rotatable bonds is 7. The van der Waals surface area contributed by atoms with Gasteiger partial charge in [-0.3, -0.25) is 9.59 Å². The maximum absolute atomic E-state index is 12.2. The molecule has 1 saturated heterocycles. The van der Waals surface area contributed by atoms with Crippen molar-refractivity contribution in [3.63, 3.8) is 0 Å². The highest BCUT2D eigenvalue weighted by Crippen LogP contribution is 2.16. The second-order valence-corrected chi connectivity index (χ2v) is 6.36. The number of hydrogen-bond acceptors (Lipinski definition) is 4. The maximum atomic E-state index is 12.2. The molecule has 0 saturated carbocycles. The Hall–Kier alpha value is -1.63. The van der Waals surface area contributed by atoms with E-state index < -0.39 is 12.1 Å². The SMILES string of the molecule is CC(C)(C)OCC(CNC(N)=O)CC(=O)C1CCC(=O)N1. The first-order chi connectivity index (χ1) is 9.67. The quantitative estimate of drug-likeness (QED) is 0.629. The summed E-state index contributed by atoms with van der Waals surface area (Å²) in [4.78, 5) is 34.1. The summed E-state index contributed by atoms with van der Waals surface area (Å²) in [5.41, 5.74) is 4.74. The summed E-state index contributed by atoms with van der Waals surface area (Å²) in [6.07, 6.45) is 1.16. The summed E-state index contributed by atoms with van der Waals surface area (Å²) in [7, 11) is 0. The van der Waals surface area contributed by atoms with Crippen LogP contribution in [0.3, 0.4) is 0 Å². The van der Waals surface area contributed by atoms with Crippen LogP contribution in [0.2, 0.25) is 0 Å². The minimum atomic E-state index is -0.627. The lowest BCUT2D eigenvalue weighted by atomic mass is 9.98. The molecule has 120 valence electrons. The fraction of sp³-hybridized carbons (Fsp3) is 0.786. The van der Waals surface area contributed by atoms with Crippen molar-refractivity contribution < 1.29 is 19.1 Å². The fourth-order valence-electron chi connectivity index (χ4n) is 2.09. The van der Waals surface area contributed by atoms with Crippen molar-refractivity contribution in [1.29, 1.82) is 0 Å². The summed E-state index contributed by atoms with van der Waals surface area (Å²) in [5, 5.41) is 5.16. The minimum Gasteiger partial charge on any atom is -0.375 e. The first-order valence-electron chi connectivity index (χ1n) is 7.16. The van der Waals surface area contributed by atoms with Crippen LogP contribution in [0.5, 0.6) is 0 Å². The third-order valence-electron chi connectivity index (χ3n) is 3.19. The van der Waals surface area contributed by atoms with E-state index in [-0.39, 0.29) is 36.2 Å². The van der Waals surface area contributed by atoms with E-state index in [4.69, 9.17) is 10.5 Å². The third-order valence-corrected chi connectivity index (χ3v) is 3.19. The lowest BCUT2D eigenvalue weighted by molar-refractivity contribution is -0.125. The number of hydrogen-bond donors (Lipinski definition) is 3. The molecule has 3 amide bonds. The molecule has 7 heteroatoms. The Labute approximate surface area is 125 Å². The van der Waals surface area contributed by atoms with Crippen LogP contribution in [0.4, 0.5) is 4.79 Å². The maximum Gasteiger partial charge on any atom is 0.312 e.